The first-order valence-electron chi connectivity index (χ1n) is 6.26. The van der Waals surface area contributed by atoms with Crippen LogP contribution in [0.1, 0.15) is 5.56 Å². The van der Waals surface area contributed by atoms with Gasteiger partial charge in [-0.1, -0.05) is 0 Å². The van der Waals surface area contributed by atoms with Gasteiger partial charge in [-0.3, -0.25) is 5.43 Å². The zero-order chi connectivity index (χ0) is 15.3. The van der Waals surface area contributed by atoms with Crippen molar-refractivity contribution in [3.8, 4) is 0 Å². The van der Waals surface area contributed by atoms with E-state index < -0.39 is 15.7 Å². The van der Waals surface area contributed by atoms with E-state index >= 15 is 0 Å². The number of aliphatic imine (C=N–C) groups is 1. The van der Waals surface area contributed by atoms with E-state index in [1.54, 1.807) is 11.2 Å². The van der Waals surface area contributed by atoms with E-state index in [0.29, 0.717) is 0 Å². The van der Waals surface area contributed by atoms with Gasteiger partial charge in [0.15, 0.2) is 10.9 Å². The van der Waals surface area contributed by atoms with Crippen LogP contribution >= 0.6 is 11.3 Å². The molecule has 6 nitrogen and oxygen atoms in total. The molecule has 0 spiro atoms. The molecular weight excluding hydrogens is 327 g/mol. The molecular formula is C13H9FN4O2S2. The van der Waals surface area contributed by atoms with Gasteiger partial charge in [0.05, 0.1) is 4.90 Å². The van der Waals surface area contributed by atoms with Gasteiger partial charge in [-0.05, 0) is 35.7 Å². The Morgan fingerprint density at radius 1 is 1.18 bits per heavy atom. The minimum atomic E-state index is -3.82. The van der Waals surface area contributed by atoms with Crippen LogP contribution < -0.4 is 16.0 Å². The first kappa shape index (κ1) is 13.4. The Balaban J connectivity index is 1.83. The molecule has 0 saturated carbocycles. The molecule has 112 valence electrons. The summed E-state index contributed by atoms with van der Waals surface area (Å²) in [5.74, 6) is -0.228. The molecule has 0 radical (unpaired) electrons. The van der Waals surface area contributed by atoms with Crippen molar-refractivity contribution in [2.45, 2.75) is 4.90 Å². The van der Waals surface area contributed by atoms with Gasteiger partial charge in [-0.15, -0.1) is 16.9 Å². The van der Waals surface area contributed by atoms with Crippen molar-refractivity contribution >= 4 is 32.4 Å². The van der Waals surface area contributed by atoms with Crippen molar-refractivity contribution in [3.05, 3.63) is 57.9 Å². The molecule has 0 fully saturated rings. The van der Waals surface area contributed by atoms with E-state index in [1.165, 1.54) is 23.5 Å². The first-order valence-corrected chi connectivity index (χ1v) is 8.62. The third-order valence-electron chi connectivity index (χ3n) is 3.29. The topological polar surface area (TPSA) is 73.8 Å². The Morgan fingerprint density at radius 3 is 2.73 bits per heavy atom. The maximum absolute atomic E-state index is 13.0. The van der Waals surface area contributed by atoms with E-state index in [0.717, 1.165) is 22.7 Å². The average Bonchev–Trinajstić information content (AvgIpc) is 3.13. The van der Waals surface area contributed by atoms with Crippen LogP contribution in [0.5, 0.6) is 0 Å². The predicted octanol–water partition coefficient (Wildman–Crippen LogP) is 1.75. The van der Waals surface area contributed by atoms with Gasteiger partial charge < -0.3 is 0 Å². The van der Waals surface area contributed by atoms with Crippen molar-refractivity contribution in [1.82, 2.24) is 11.0 Å². The van der Waals surface area contributed by atoms with Gasteiger partial charge in [-0.25, -0.2) is 22.8 Å². The summed E-state index contributed by atoms with van der Waals surface area (Å²) in [4.78, 5) is 4.20. The fourth-order valence-corrected chi connectivity index (χ4v) is 4.35. The quantitative estimate of drug-likeness (QED) is 0.818. The Labute approximate surface area is 129 Å². The summed E-state index contributed by atoms with van der Waals surface area (Å²) in [6.07, 6.45) is 1.62. The summed E-state index contributed by atoms with van der Waals surface area (Å²) in [5, 5.41) is 4.26. The number of hydrogen-bond acceptors (Lipinski definition) is 7. The Morgan fingerprint density at radius 2 is 1.95 bits per heavy atom. The highest BCUT2D eigenvalue weighted by atomic mass is 32.2. The minimum Gasteiger partial charge on any atom is -0.290 e. The lowest BCUT2D eigenvalue weighted by Crippen LogP contribution is -2.39. The van der Waals surface area contributed by atoms with Crippen LogP contribution in [0, 0.1) is 5.82 Å². The zero-order valence-corrected chi connectivity index (χ0v) is 12.6. The monoisotopic (exact) mass is 336 g/mol. The van der Waals surface area contributed by atoms with Gasteiger partial charge in [0.1, 0.15) is 10.8 Å². The van der Waals surface area contributed by atoms with Crippen molar-refractivity contribution in [3.63, 3.8) is 0 Å². The first-order chi connectivity index (χ1) is 10.6. The molecule has 2 aromatic rings. The van der Waals surface area contributed by atoms with Crippen LogP contribution in [0.15, 0.2) is 56.4 Å². The van der Waals surface area contributed by atoms with E-state index in [1.807, 2.05) is 11.4 Å². The normalized spacial score (nSPS) is 16.5. The number of anilines is 1. The molecule has 0 bridgehead atoms. The zero-order valence-electron chi connectivity index (χ0n) is 10.9. The molecule has 0 aliphatic carbocycles. The minimum absolute atomic E-state index is 0.000253. The van der Waals surface area contributed by atoms with Crippen LogP contribution in [0.3, 0.4) is 0 Å². The maximum atomic E-state index is 13.0. The lowest BCUT2D eigenvalue weighted by atomic mass is 10.3. The number of sulfone groups is 1. The molecule has 0 amide bonds. The van der Waals surface area contributed by atoms with E-state index in [9.17, 15) is 12.8 Å². The second-order valence-electron chi connectivity index (χ2n) is 4.62. The van der Waals surface area contributed by atoms with E-state index in [2.05, 4.69) is 16.0 Å². The second-order valence-corrected chi connectivity index (χ2v) is 7.40. The average molecular weight is 336 g/mol. The fraction of sp³-hybridized carbons (Fsp3) is 0. The highest BCUT2D eigenvalue weighted by Gasteiger charge is 2.35. The van der Waals surface area contributed by atoms with E-state index in [4.69, 9.17) is 0 Å². The Kier molecular flexibility index (Phi) is 2.83. The number of nitrogens with zero attached hydrogens (tertiary/aromatic N) is 2. The molecule has 9 heteroatoms. The van der Waals surface area contributed by atoms with Gasteiger partial charge in [-0.2, -0.15) is 0 Å². The molecule has 2 aliphatic heterocycles. The molecule has 2 N–H and O–H groups in total. The molecule has 0 saturated heterocycles. The van der Waals surface area contributed by atoms with Crippen molar-refractivity contribution < 1.29 is 12.8 Å². The van der Waals surface area contributed by atoms with Crippen molar-refractivity contribution in [2.75, 3.05) is 5.01 Å². The fourth-order valence-electron chi connectivity index (χ4n) is 2.22. The van der Waals surface area contributed by atoms with Crippen LogP contribution in [-0.2, 0) is 9.84 Å². The summed E-state index contributed by atoms with van der Waals surface area (Å²) >= 11 is 1.47. The highest BCUT2D eigenvalue weighted by Crippen LogP contribution is 2.36. The van der Waals surface area contributed by atoms with Crippen LogP contribution in [0.4, 0.5) is 9.39 Å². The molecule has 0 atom stereocenters. The van der Waals surface area contributed by atoms with Crippen LogP contribution in [0.2, 0.25) is 0 Å². The SMILES string of the molecule is O=S(=O)(C1=C2N=Cc3ccsc3N2NN1)c1ccc(F)cc1. The lowest BCUT2D eigenvalue weighted by molar-refractivity contribution is 0.592. The highest BCUT2D eigenvalue weighted by molar-refractivity contribution is 7.95. The number of nitrogens with one attached hydrogen (secondary N) is 2. The maximum Gasteiger partial charge on any atom is 0.226 e. The molecule has 4 rings (SSSR count). The molecule has 22 heavy (non-hydrogen) atoms. The van der Waals surface area contributed by atoms with Crippen molar-refractivity contribution in [2.24, 2.45) is 4.99 Å². The molecule has 1 aromatic heterocycles. The van der Waals surface area contributed by atoms with Crippen LogP contribution in [-0.4, -0.2) is 14.6 Å². The smallest absolute Gasteiger partial charge is 0.226 e. The second kappa shape index (κ2) is 4.63. The largest absolute Gasteiger partial charge is 0.290 e. The third kappa shape index (κ3) is 1.86. The Bertz CT molecular complexity index is 916. The molecule has 1 aromatic carbocycles. The number of hydrogen-bond donors (Lipinski definition) is 2. The summed E-state index contributed by atoms with van der Waals surface area (Å²) in [5.41, 5.74) is 6.35. The third-order valence-corrected chi connectivity index (χ3v) is 5.92. The number of halogens is 1. The number of hydrazine groups is 2. The summed E-state index contributed by atoms with van der Waals surface area (Å²) in [6.45, 7) is 0. The summed E-state index contributed by atoms with van der Waals surface area (Å²) in [6, 6.07) is 6.57. The van der Waals surface area contributed by atoms with Gasteiger partial charge >= 0.3 is 0 Å². The molecule has 2 aliphatic rings. The number of fused-ring (bicyclic) bond motifs is 3. The number of benzene rings is 1. The number of rotatable bonds is 2. The molecule has 3 heterocycles. The Hall–Kier alpha value is -2.23. The van der Waals surface area contributed by atoms with Gasteiger partial charge in [0, 0.05) is 11.8 Å². The summed E-state index contributed by atoms with van der Waals surface area (Å²) < 4.78 is 38.3. The van der Waals surface area contributed by atoms with Gasteiger partial charge in [0.2, 0.25) is 9.84 Å². The molecule has 0 unspecified atom stereocenters. The number of thiophene rings is 1. The van der Waals surface area contributed by atoms with Crippen LogP contribution in [0.25, 0.3) is 0 Å². The van der Waals surface area contributed by atoms with Crippen molar-refractivity contribution in [1.29, 1.82) is 0 Å². The predicted molar refractivity (Wildman–Crippen MR) is 81.3 cm³/mol. The lowest BCUT2D eigenvalue weighted by Gasteiger charge is -2.19. The summed E-state index contributed by atoms with van der Waals surface area (Å²) in [7, 11) is -3.82. The standard InChI is InChI=1S/C13H9FN4O2S2/c14-9-1-3-10(4-2-9)22(19,20)12-11-15-7-8-5-6-21-13(8)18(11)17-16-12/h1-7,16-17H. The van der Waals surface area contributed by atoms with Gasteiger partial charge in [0.25, 0.3) is 0 Å². The van der Waals surface area contributed by atoms with E-state index in [-0.39, 0.29) is 15.7 Å².